The SMILES string of the molecule is Cc1ccc(Cl)cc1N1C(=O)[C@@H](N2C(=O)c3c(Cl)c(Cl)c(Cl)c(Cl)c3C2=O)[C@@H]1c1cccc(F)c1. The first-order valence-electron chi connectivity index (χ1n) is 10.1. The third-order valence-electron chi connectivity index (χ3n) is 6.10. The number of rotatable bonds is 3. The van der Waals surface area contributed by atoms with Gasteiger partial charge in [-0.1, -0.05) is 76.2 Å². The molecule has 35 heavy (non-hydrogen) atoms. The van der Waals surface area contributed by atoms with Gasteiger partial charge in [0, 0.05) is 10.7 Å². The van der Waals surface area contributed by atoms with Crippen molar-refractivity contribution >= 4 is 81.4 Å². The number of hydrogen-bond acceptors (Lipinski definition) is 3. The Morgan fingerprint density at radius 2 is 1.34 bits per heavy atom. The summed E-state index contributed by atoms with van der Waals surface area (Å²) in [5, 5.41) is -0.471. The molecule has 2 heterocycles. The zero-order valence-corrected chi connectivity index (χ0v) is 21.4. The summed E-state index contributed by atoms with van der Waals surface area (Å²) in [4.78, 5) is 42.6. The number of imide groups is 1. The molecular formula is C24H12Cl5FN2O3. The second-order valence-corrected chi connectivity index (χ2v) is 10.0. The van der Waals surface area contributed by atoms with Crippen LogP contribution in [0.1, 0.15) is 37.9 Å². The van der Waals surface area contributed by atoms with Crippen LogP contribution in [0, 0.1) is 12.7 Å². The molecule has 3 amide bonds. The number of hydrogen-bond donors (Lipinski definition) is 0. The van der Waals surface area contributed by atoms with Gasteiger partial charge in [-0.3, -0.25) is 19.3 Å². The zero-order valence-electron chi connectivity index (χ0n) is 17.6. The van der Waals surface area contributed by atoms with Crippen LogP contribution in [0.2, 0.25) is 25.1 Å². The highest BCUT2D eigenvalue weighted by molar-refractivity contribution is 6.55. The van der Waals surface area contributed by atoms with Gasteiger partial charge in [0.05, 0.1) is 37.3 Å². The van der Waals surface area contributed by atoms with Crippen molar-refractivity contribution in [1.82, 2.24) is 4.90 Å². The molecule has 0 unspecified atom stereocenters. The number of carbonyl (C=O) groups is 3. The quantitative estimate of drug-likeness (QED) is 0.145. The molecule has 0 N–H and O–H groups in total. The molecule has 0 aliphatic carbocycles. The van der Waals surface area contributed by atoms with Crippen molar-refractivity contribution < 1.29 is 18.8 Å². The molecular weight excluding hydrogens is 561 g/mol. The van der Waals surface area contributed by atoms with Gasteiger partial charge in [0.2, 0.25) is 0 Å². The second kappa shape index (κ2) is 8.64. The smallest absolute Gasteiger partial charge is 0.264 e. The van der Waals surface area contributed by atoms with Crippen LogP contribution < -0.4 is 4.90 Å². The first-order valence-corrected chi connectivity index (χ1v) is 12.0. The monoisotopic (exact) mass is 570 g/mol. The average Bonchev–Trinajstić information content (AvgIpc) is 3.07. The first kappa shape index (κ1) is 24.3. The van der Waals surface area contributed by atoms with Gasteiger partial charge in [0.15, 0.2) is 0 Å². The normalized spacial score (nSPS) is 19.3. The van der Waals surface area contributed by atoms with Crippen molar-refractivity contribution in [3.8, 4) is 0 Å². The summed E-state index contributed by atoms with van der Waals surface area (Å²) in [6.07, 6.45) is 0. The van der Waals surface area contributed by atoms with E-state index in [9.17, 15) is 18.8 Å². The Kier molecular flexibility index (Phi) is 6.01. The van der Waals surface area contributed by atoms with Crippen LogP contribution >= 0.6 is 58.0 Å². The average molecular weight is 573 g/mol. The van der Waals surface area contributed by atoms with E-state index in [0.717, 1.165) is 10.5 Å². The number of β-lactam (4-membered cyclic amide) rings is 1. The largest absolute Gasteiger partial charge is 0.300 e. The summed E-state index contributed by atoms with van der Waals surface area (Å²) in [6.45, 7) is 1.78. The third kappa shape index (κ3) is 3.54. The number of amides is 3. The van der Waals surface area contributed by atoms with E-state index in [1.165, 1.54) is 23.1 Å². The molecule has 178 valence electrons. The minimum atomic E-state index is -1.30. The Morgan fingerprint density at radius 1 is 0.743 bits per heavy atom. The molecule has 2 aliphatic heterocycles. The molecule has 3 aromatic carbocycles. The molecule has 1 fully saturated rings. The summed E-state index contributed by atoms with van der Waals surface area (Å²) in [6, 6.07) is 8.35. The Morgan fingerprint density at radius 3 is 1.91 bits per heavy atom. The van der Waals surface area contributed by atoms with Crippen LogP contribution in [0.25, 0.3) is 0 Å². The molecule has 5 rings (SSSR count). The van der Waals surface area contributed by atoms with Crippen molar-refractivity contribution in [3.05, 3.63) is 95.6 Å². The lowest BCUT2D eigenvalue weighted by molar-refractivity contribution is -0.130. The maximum absolute atomic E-state index is 14.2. The van der Waals surface area contributed by atoms with Gasteiger partial charge in [-0.15, -0.1) is 0 Å². The second-order valence-electron chi connectivity index (χ2n) is 8.07. The molecule has 0 saturated carbocycles. The summed E-state index contributed by atoms with van der Waals surface area (Å²) in [5.41, 5.74) is 1.08. The van der Waals surface area contributed by atoms with Gasteiger partial charge in [-0.2, -0.15) is 0 Å². The highest BCUT2D eigenvalue weighted by Gasteiger charge is 2.58. The van der Waals surface area contributed by atoms with E-state index in [2.05, 4.69) is 0 Å². The lowest BCUT2D eigenvalue weighted by atomic mass is 9.85. The van der Waals surface area contributed by atoms with Crippen molar-refractivity contribution in [2.75, 3.05) is 4.90 Å². The fraction of sp³-hybridized carbons (Fsp3) is 0.125. The van der Waals surface area contributed by atoms with Gasteiger partial charge >= 0.3 is 0 Å². The Hall–Kier alpha value is -2.35. The molecule has 2 atom stereocenters. The molecule has 2 aliphatic rings. The Labute approximate surface area is 223 Å². The van der Waals surface area contributed by atoms with Crippen molar-refractivity contribution in [1.29, 1.82) is 0 Å². The van der Waals surface area contributed by atoms with Gasteiger partial charge in [-0.05, 0) is 42.3 Å². The number of nitrogens with zero attached hydrogens (tertiary/aromatic N) is 2. The van der Waals surface area contributed by atoms with E-state index in [4.69, 9.17) is 58.0 Å². The van der Waals surface area contributed by atoms with E-state index in [0.29, 0.717) is 16.3 Å². The van der Waals surface area contributed by atoms with E-state index in [-0.39, 0.29) is 31.2 Å². The Balaban J connectivity index is 1.66. The highest BCUT2D eigenvalue weighted by atomic mass is 35.5. The first-order chi connectivity index (χ1) is 16.5. The fourth-order valence-corrected chi connectivity index (χ4v) is 5.66. The molecule has 0 radical (unpaired) electrons. The van der Waals surface area contributed by atoms with Crippen LogP contribution in [0.4, 0.5) is 10.1 Å². The summed E-state index contributed by atoms with van der Waals surface area (Å²) >= 11 is 30.9. The number of carbonyl (C=O) groups excluding carboxylic acids is 3. The molecule has 11 heteroatoms. The van der Waals surface area contributed by atoms with Crippen molar-refractivity contribution in [3.63, 3.8) is 0 Å². The number of benzene rings is 3. The lowest BCUT2D eigenvalue weighted by Gasteiger charge is -2.50. The van der Waals surface area contributed by atoms with Crippen LogP contribution in [0.3, 0.4) is 0 Å². The fourth-order valence-electron chi connectivity index (χ4n) is 4.48. The molecule has 0 aromatic heterocycles. The van der Waals surface area contributed by atoms with E-state index < -0.39 is 35.6 Å². The third-order valence-corrected chi connectivity index (χ3v) is 8.14. The summed E-state index contributed by atoms with van der Waals surface area (Å²) in [7, 11) is 0. The van der Waals surface area contributed by atoms with Crippen LogP contribution in [-0.2, 0) is 4.79 Å². The zero-order chi connectivity index (χ0) is 25.3. The van der Waals surface area contributed by atoms with Crippen LogP contribution in [0.15, 0.2) is 42.5 Å². The molecule has 5 nitrogen and oxygen atoms in total. The predicted octanol–water partition coefficient (Wildman–Crippen LogP) is 7.15. The highest BCUT2D eigenvalue weighted by Crippen LogP contribution is 2.49. The number of fused-ring (bicyclic) bond motifs is 1. The van der Waals surface area contributed by atoms with E-state index in [1.54, 1.807) is 31.2 Å². The standard InChI is InChI=1S/C24H12Cl5FN2O3/c1-9-5-6-11(25)8-13(9)31-20(10-3-2-4-12(30)7-10)21(24(31)35)32-22(33)14-15(23(32)34)17(27)19(29)18(28)16(14)26/h2-8,20-21H,1H3/t20-,21-/m0/s1. The van der Waals surface area contributed by atoms with Crippen LogP contribution in [-0.4, -0.2) is 28.7 Å². The Bertz CT molecular complexity index is 1430. The summed E-state index contributed by atoms with van der Waals surface area (Å²) < 4.78 is 14.2. The molecule has 3 aromatic rings. The van der Waals surface area contributed by atoms with Crippen LogP contribution in [0.5, 0.6) is 0 Å². The number of aryl methyl sites for hydroxylation is 1. The number of anilines is 1. The lowest BCUT2D eigenvalue weighted by Crippen LogP contribution is -2.67. The molecule has 1 saturated heterocycles. The number of halogens is 6. The minimum Gasteiger partial charge on any atom is -0.300 e. The van der Waals surface area contributed by atoms with Crippen molar-refractivity contribution in [2.45, 2.75) is 19.0 Å². The topological polar surface area (TPSA) is 57.7 Å². The molecule has 0 spiro atoms. The maximum Gasteiger partial charge on any atom is 0.264 e. The molecule has 0 bridgehead atoms. The maximum atomic E-state index is 14.2. The van der Waals surface area contributed by atoms with Crippen molar-refractivity contribution in [2.24, 2.45) is 0 Å². The van der Waals surface area contributed by atoms with Gasteiger partial charge in [0.1, 0.15) is 11.9 Å². The van der Waals surface area contributed by atoms with E-state index in [1.807, 2.05) is 0 Å². The minimum absolute atomic E-state index is 0.183. The summed E-state index contributed by atoms with van der Waals surface area (Å²) in [5.74, 6) is -2.81. The predicted molar refractivity (Wildman–Crippen MR) is 134 cm³/mol. The van der Waals surface area contributed by atoms with Gasteiger partial charge in [0.25, 0.3) is 17.7 Å². The van der Waals surface area contributed by atoms with Gasteiger partial charge in [-0.25, -0.2) is 4.39 Å². The van der Waals surface area contributed by atoms with Gasteiger partial charge < -0.3 is 4.90 Å². The van der Waals surface area contributed by atoms with E-state index >= 15 is 0 Å².